The fraction of sp³-hybridized carbons (Fsp3) is 0.258. The number of aliphatic hydroxyl groups excluding tert-OH is 1. The van der Waals surface area contributed by atoms with Crippen LogP contribution in [0.3, 0.4) is 0 Å². The van der Waals surface area contributed by atoms with Crippen molar-refractivity contribution in [3.8, 4) is 23.0 Å². The van der Waals surface area contributed by atoms with Crippen LogP contribution < -0.4 is 23.8 Å². The van der Waals surface area contributed by atoms with E-state index < -0.39 is 17.7 Å². The number of fused-ring (bicyclic) bond motifs is 2. The predicted octanol–water partition coefficient (Wildman–Crippen LogP) is 5.58. The number of methoxy groups -OCH3 is 3. The molecule has 4 aromatic rings. The van der Waals surface area contributed by atoms with Crippen molar-refractivity contribution in [3.05, 3.63) is 76.4 Å². The molecule has 1 aromatic heterocycles. The van der Waals surface area contributed by atoms with E-state index in [0.29, 0.717) is 45.4 Å². The van der Waals surface area contributed by atoms with Gasteiger partial charge in [0, 0.05) is 12.0 Å². The minimum absolute atomic E-state index is 0.00915. The molecule has 3 heterocycles. The normalized spacial score (nSPS) is 19.4. The summed E-state index contributed by atoms with van der Waals surface area (Å²) in [6.07, 6.45) is 0.682. The van der Waals surface area contributed by atoms with E-state index in [1.807, 2.05) is 32.0 Å². The molecule has 2 atom stereocenters. The summed E-state index contributed by atoms with van der Waals surface area (Å²) >= 11 is 1.30. The van der Waals surface area contributed by atoms with Gasteiger partial charge in [-0.2, -0.15) is 0 Å². The number of anilines is 1. The van der Waals surface area contributed by atoms with E-state index in [-0.39, 0.29) is 17.4 Å². The molecule has 41 heavy (non-hydrogen) atoms. The summed E-state index contributed by atoms with van der Waals surface area (Å²) < 4.78 is 23.3. The van der Waals surface area contributed by atoms with Gasteiger partial charge in [0.25, 0.3) is 5.78 Å². The SMILES string of the molecule is COc1cc(C2/C(=C(/O)c3ccc4c(c3)CC(C)O4)C(=O)C(=O)N2c2nc3ccc(C)cc3s2)cc(OC)c1OC. The van der Waals surface area contributed by atoms with Crippen LogP contribution in [-0.2, 0) is 16.0 Å². The Labute approximate surface area is 240 Å². The van der Waals surface area contributed by atoms with Crippen LogP contribution in [0.25, 0.3) is 16.0 Å². The number of nitrogens with zero attached hydrogens (tertiary/aromatic N) is 2. The first-order valence-electron chi connectivity index (χ1n) is 13.0. The molecular weight excluding hydrogens is 544 g/mol. The van der Waals surface area contributed by atoms with Crippen molar-refractivity contribution in [1.29, 1.82) is 0 Å². The lowest BCUT2D eigenvalue weighted by molar-refractivity contribution is -0.132. The van der Waals surface area contributed by atoms with Crippen molar-refractivity contribution in [2.24, 2.45) is 0 Å². The molecule has 6 rings (SSSR count). The first kappa shape index (κ1) is 26.6. The van der Waals surface area contributed by atoms with Gasteiger partial charge < -0.3 is 24.1 Å². The third-order valence-electron chi connectivity index (χ3n) is 7.36. The summed E-state index contributed by atoms with van der Waals surface area (Å²) in [6, 6.07) is 13.4. The number of ether oxygens (including phenoxy) is 4. The van der Waals surface area contributed by atoms with Gasteiger partial charge >= 0.3 is 5.91 Å². The third-order valence-corrected chi connectivity index (χ3v) is 8.37. The van der Waals surface area contributed by atoms with Gasteiger partial charge in [-0.15, -0.1) is 0 Å². The number of amides is 1. The van der Waals surface area contributed by atoms with Gasteiger partial charge in [0.15, 0.2) is 16.6 Å². The van der Waals surface area contributed by atoms with E-state index in [1.54, 1.807) is 30.3 Å². The number of aryl methyl sites for hydroxylation is 1. The van der Waals surface area contributed by atoms with E-state index in [2.05, 4.69) is 0 Å². The van der Waals surface area contributed by atoms with Gasteiger partial charge in [-0.05, 0) is 73.0 Å². The summed E-state index contributed by atoms with van der Waals surface area (Å²) in [5.41, 5.74) is 3.50. The number of aliphatic hydroxyl groups is 1. The fourth-order valence-corrected chi connectivity index (χ4v) is 6.54. The predicted molar refractivity (Wildman–Crippen MR) is 155 cm³/mol. The van der Waals surface area contributed by atoms with Crippen LogP contribution in [-0.4, -0.2) is 49.2 Å². The van der Waals surface area contributed by atoms with E-state index in [4.69, 9.17) is 23.9 Å². The van der Waals surface area contributed by atoms with Gasteiger partial charge in [-0.25, -0.2) is 4.98 Å². The molecular formula is C31H28N2O7S. The maximum absolute atomic E-state index is 13.7. The van der Waals surface area contributed by atoms with Crippen LogP contribution >= 0.6 is 11.3 Å². The molecule has 0 radical (unpaired) electrons. The summed E-state index contributed by atoms with van der Waals surface area (Å²) in [4.78, 5) is 33.5. The van der Waals surface area contributed by atoms with Crippen molar-refractivity contribution in [2.45, 2.75) is 32.4 Å². The molecule has 2 unspecified atom stereocenters. The minimum atomic E-state index is -1.02. The molecule has 10 heteroatoms. The lowest BCUT2D eigenvalue weighted by Gasteiger charge is -2.24. The number of benzene rings is 3. The Balaban J connectivity index is 1.59. The van der Waals surface area contributed by atoms with Crippen LogP contribution in [0.5, 0.6) is 23.0 Å². The third kappa shape index (κ3) is 4.35. The molecule has 2 aliphatic rings. The minimum Gasteiger partial charge on any atom is -0.507 e. The van der Waals surface area contributed by atoms with Gasteiger partial charge in [0.1, 0.15) is 17.6 Å². The van der Waals surface area contributed by atoms with Gasteiger partial charge in [-0.1, -0.05) is 17.4 Å². The Hall–Kier alpha value is -4.57. The topological polar surface area (TPSA) is 107 Å². The van der Waals surface area contributed by atoms with Crippen molar-refractivity contribution >= 4 is 44.1 Å². The molecule has 1 fully saturated rings. The Bertz CT molecular complexity index is 1730. The number of rotatable bonds is 6. The molecule has 1 amide bonds. The molecule has 0 spiro atoms. The van der Waals surface area contributed by atoms with Crippen LogP contribution in [0.2, 0.25) is 0 Å². The first-order chi connectivity index (χ1) is 19.7. The van der Waals surface area contributed by atoms with E-state index in [9.17, 15) is 14.7 Å². The highest BCUT2D eigenvalue weighted by molar-refractivity contribution is 7.22. The number of carbonyl (C=O) groups excluding carboxylic acids is 2. The van der Waals surface area contributed by atoms with Crippen LogP contribution in [0.15, 0.2) is 54.1 Å². The van der Waals surface area contributed by atoms with Crippen LogP contribution in [0.4, 0.5) is 5.13 Å². The maximum Gasteiger partial charge on any atom is 0.301 e. The van der Waals surface area contributed by atoms with E-state index in [0.717, 1.165) is 21.6 Å². The number of hydrogen-bond donors (Lipinski definition) is 1. The van der Waals surface area contributed by atoms with E-state index >= 15 is 0 Å². The molecule has 1 N–H and O–H groups in total. The first-order valence-corrected chi connectivity index (χ1v) is 13.8. The molecule has 210 valence electrons. The van der Waals surface area contributed by atoms with Crippen molar-refractivity contribution < 1.29 is 33.6 Å². The monoisotopic (exact) mass is 572 g/mol. The molecule has 0 saturated carbocycles. The van der Waals surface area contributed by atoms with Gasteiger partial charge in [0.05, 0.1) is 43.2 Å². The molecule has 9 nitrogen and oxygen atoms in total. The second kappa shape index (κ2) is 10.1. The zero-order chi connectivity index (χ0) is 29.0. The number of thiazole rings is 1. The average molecular weight is 573 g/mol. The molecule has 1 saturated heterocycles. The Morgan fingerprint density at radius 1 is 1.02 bits per heavy atom. The van der Waals surface area contributed by atoms with E-state index in [1.165, 1.54) is 37.6 Å². The summed E-state index contributed by atoms with van der Waals surface area (Å²) in [5, 5.41) is 12.0. The average Bonchev–Trinajstić information content (AvgIpc) is 3.63. The zero-order valence-electron chi connectivity index (χ0n) is 23.2. The number of Topliss-reactive ketones (excluding diaryl/α,β-unsaturated/α-hetero) is 1. The van der Waals surface area contributed by atoms with Crippen LogP contribution in [0, 0.1) is 6.92 Å². The van der Waals surface area contributed by atoms with Gasteiger partial charge in [0.2, 0.25) is 5.75 Å². The molecule has 0 bridgehead atoms. The van der Waals surface area contributed by atoms with Crippen molar-refractivity contribution in [3.63, 3.8) is 0 Å². The zero-order valence-corrected chi connectivity index (χ0v) is 24.0. The molecule has 2 aliphatic heterocycles. The maximum atomic E-state index is 13.7. The summed E-state index contributed by atoms with van der Waals surface area (Å²) in [7, 11) is 4.47. The second-order valence-electron chi connectivity index (χ2n) is 10.1. The molecule has 0 aliphatic carbocycles. The van der Waals surface area contributed by atoms with Gasteiger partial charge in [-0.3, -0.25) is 14.5 Å². The quantitative estimate of drug-likeness (QED) is 0.181. The lowest BCUT2D eigenvalue weighted by Crippen LogP contribution is -2.29. The Kier molecular flexibility index (Phi) is 6.57. The van der Waals surface area contributed by atoms with Crippen LogP contribution in [0.1, 0.15) is 35.2 Å². The summed E-state index contributed by atoms with van der Waals surface area (Å²) in [5.74, 6) is -0.115. The lowest BCUT2D eigenvalue weighted by atomic mass is 9.94. The highest BCUT2D eigenvalue weighted by atomic mass is 32.1. The smallest absolute Gasteiger partial charge is 0.301 e. The highest BCUT2D eigenvalue weighted by Gasteiger charge is 2.48. The second-order valence-corrected chi connectivity index (χ2v) is 11.1. The molecule has 3 aromatic carbocycles. The number of carbonyl (C=O) groups is 2. The standard InChI is InChI=1S/C31H28N2O7S/c1-15-6-8-20-24(10-15)41-31(32-20)33-26(19-13-22(37-3)29(39-5)23(14-19)38-4)25(28(35)30(33)36)27(34)17-7-9-21-18(12-17)11-16(2)40-21/h6-10,12-14,16,26,34H,11H2,1-5H3/b27-25-. The van der Waals surface area contributed by atoms with Crippen molar-refractivity contribution in [1.82, 2.24) is 4.98 Å². The van der Waals surface area contributed by atoms with Crippen molar-refractivity contribution in [2.75, 3.05) is 26.2 Å². The highest BCUT2D eigenvalue weighted by Crippen LogP contribution is 2.48. The fourth-order valence-electron chi connectivity index (χ4n) is 5.45. The largest absolute Gasteiger partial charge is 0.507 e. The summed E-state index contributed by atoms with van der Waals surface area (Å²) in [6.45, 7) is 3.94. The number of aromatic nitrogens is 1. The number of ketones is 1. The Morgan fingerprint density at radius 3 is 2.44 bits per heavy atom. The Morgan fingerprint density at radius 2 is 1.76 bits per heavy atom. The number of hydrogen-bond acceptors (Lipinski definition) is 9.